The Labute approximate surface area is 193 Å². The molecule has 0 aliphatic carbocycles. The molecule has 4 nitrogen and oxygen atoms in total. The summed E-state index contributed by atoms with van der Waals surface area (Å²) >= 11 is 0. The van der Waals surface area contributed by atoms with Gasteiger partial charge in [-0.2, -0.15) is 5.10 Å². The Balaban J connectivity index is 1.33. The Hall–Kier alpha value is -4.18. The number of fused-ring (bicyclic) bond motifs is 2. The largest absolute Gasteiger partial charge is 0.342 e. The van der Waals surface area contributed by atoms with Crippen LogP contribution < -0.4 is 5.43 Å². The summed E-state index contributed by atoms with van der Waals surface area (Å²) in [5.41, 5.74) is 8.31. The number of carbonyl (C=O) groups is 1. The lowest BCUT2D eigenvalue weighted by atomic mass is 10.0. The maximum Gasteiger partial charge on any atom is 0.244 e. The van der Waals surface area contributed by atoms with E-state index in [1.165, 1.54) is 11.1 Å². The SMILES string of the molecule is Cc1cccc(Cn2cc(/C=N\NC(=O)Cc3cccc4ccccc34)c3ccccc32)c1. The molecular weight excluding hydrogens is 406 g/mol. The molecule has 0 aliphatic rings. The highest BCUT2D eigenvalue weighted by Crippen LogP contribution is 2.22. The summed E-state index contributed by atoms with van der Waals surface area (Å²) in [7, 11) is 0. The van der Waals surface area contributed by atoms with E-state index in [-0.39, 0.29) is 12.3 Å². The van der Waals surface area contributed by atoms with Crippen LogP contribution >= 0.6 is 0 Å². The first-order valence-electron chi connectivity index (χ1n) is 11.1. The molecule has 33 heavy (non-hydrogen) atoms. The van der Waals surface area contributed by atoms with Crippen molar-refractivity contribution < 1.29 is 4.79 Å². The zero-order valence-corrected chi connectivity index (χ0v) is 18.5. The summed E-state index contributed by atoms with van der Waals surface area (Å²) in [5.74, 6) is -0.133. The smallest absolute Gasteiger partial charge is 0.244 e. The van der Waals surface area contributed by atoms with Crippen molar-refractivity contribution in [1.29, 1.82) is 0 Å². The van der Waals surface area contributed by atoms with Crippen molar-refractivity contribution in [2.24, 2.45) is 5.10 Å². The molecule has 0 saturated carbocycles. The number of nitrogens with one attached hydrogen (secondary N) is 1. The third-order valence-corrected chi connectivity index (χ3v) is 5.88. The van der Waals surface area contributed by atoms with E-state index in [2.05, 4.69) is 76.7 Å². The molecule has 0 atom stereocenters. The van der Waals surface area contributed by atoms with Gasteiger partial charge in [-0.25, -0.2) is 5.43 Å². The second-order valence-corrected chi connectivity index (χ2v) is 8.33. The minimum atomic E-state index is -0.133. The number of hydrogen-bond acceptors (Lipinski definition) is 2. The van der Waals surface area contributed by atoms with Crippen molar-refractivity contribution in [1.82, 2.24) is 9.99 Å². The van der Waals surface area contributed by atoms with Gasteiger partial charge in [-0.3, -0.25) is 4.79 Å². The molecule has 0 unspecified atom stereocenters. The Morgan fingerprint density at radius 1 is 0.909 bits per heavy atom. The summed E-state index contributed by atoms with van der Waals surface area (Å²) in [5, 5.41) is 7.60. The van der Waals surface area contributed by atoms with Crippen LogP contribution in [0.2, 0.25) is 0 Å². The summed E-state index contributed by atoms with van der Waals surface area (Å²) < 4.78 is 2.23. The van der Waals surface area contributed by atoms with Gasteiger partial charge in [0.2, 0.25) is 5.91 Å². The third-order valence-electron chi connectivity index (χ3n) is 5.88. The molecule has 4 aromatic carbocycles. The molecule has 0 spiro atoms. The lowest BCUT2D eigenvalue weighted by Crippen LogP contribution is -2.19. The fourth-order valence-electron chi connectivity index (χ4n) is 4.35. The second kappa shape index (κ2) is 9.13. The first kappa shape index (κ1) is 20.7. The van der Waals surface area contributed by atoms with Gasteiger partial charge in [0.1, 0.15) is 0 Å². The van der Waals surface area contributed by atoms with E-state index in [9.17, 15) is 4.79 Å². The van der Waals surface area contributed by atoms with Crippen molar-refractivity contribution >= 4 is 33.8 Å². The number of carbonyl (C=O) groups excluding carboxylic acids is 1. The highest BCUT2D eigenvalue weighted by atomic mass is 16.2. The lowest BCUT2D eigenvalue weighted by molar-refractivity contribution is -0.120. The molecule has 5 rings (SSSR count). The Morgan fingerprint density at radius 2 is 1.67 bits per heavy atom. The van der Waals surface area contributed by atoms with Crippen molar-refractivity contribution in [3.8, 4) is 0 Å². The van der Waals surface area contributed by atoms with Crippen LogP contribution in [0.4, 0.5) is 0 Å². The molecule has 0 fully saturated rings. The molecular formula is C29H25N3O. The lowest BCUT2D eigenvalue weighted by Gasteiger charge is -2.06. The average Bonchev–Trinajstić information content (AvgIpc) is 3.17. The van der Waals surface area contributed by atoms with Gasteiger partial charge < -0.3 is 4.57 Å². The highest BCUT2D eigenvalue weighted by Gasteiger charge is 2.09. The molecule has 1 amide bonds. The van der Waals surface area contributed by atoms with Gasteiger partial charge in [-0.05, 0) is 34.9 Å². The number of amides is 1. The van der Waals surface area contributed by atoms with Gasteiger partial charge in [0, 0.05) is 29.2 Å². The van der Waals surface area contributed by atoms with E-state index in [1.54, 1.807) is 6.21 Å². The fraction of sp³-hybridized carbons (Fsp3) is 0.103. The van der Waals surface area contributed by atoms with Gasteiger partial charge in [-0.15, -0.1) is 0 Å². The number of hydrazone groups is 1. The fourth-order valence-corrected chi connectivity index (χ4v) is 4.35. The normalized spacial score (nSPS) is 11.4. The van der Waals surface area contributed by atoms with Gasteiger partial charge >= 0.3 is 0 Å². The van der Waals surface area contributed by atoms with Gasteiger partial charge in [-0.1, -0.05) is 90.5 Å². The van der Waals surface area contributed by atoms with Crippen LogP contribution in [0.25, 0.3) is 21.7 Å². The number of aromatic nitrogens is 1. The first-order valence-corrected chi connectivity index (χ1v) is 11.1. The van der Waals surface area contributed by atoms with Gasteiger partial charge in [0.15, 0.2) is 0 Å². The van der Waals surface area contributed by atoms with Crippen LogP contribution in [0.1, 0.15) is 22.3 Å². The van der Waals surface area contributed by atoms with Gasteiger partial charge in [0.05, 0.1) is 12.6 Å². The summed E-state index contributed by atoms with van der Waals surface area (Å²) in [4.78, 5) is 12.6. The molecule has 0 bridgehead atoms. The minimum absolute atomic E-state index is 0.133. The summed E-state index contributed by atoms with van der Waals surface area (Å²) in [6.45, 7) is 2.89. The number of nitrogens with zero attached hydrogens (tertiary/aromatic N) is 2. The standard InChI is InChI=1S/C29H25N3O/c1-21-8-6-9-22(16-21)19-32-20-25(27-14-4-5-15-28(27)32)18-30-31-29(33)17-24-12-7-11-23-10-2-3-13-26(23)24/h2-16,18,20H,17,19H2,1H3,(H,31,33)/b30-18-. The average molecular weight is 432 g/mol. The van der Waals surface area contributed by atoms with Crippen molar-refractivity contribution in [3.05, 3.63) is 119 Å². The van der Waals surface area contributed by atoms with Crippen LogP contribution in [0.15, 0.2) is 102 Å². The van der Waals surface area contributed by atoms with Crippen LogP contribution in [0.5, 0.6) is 0 Å². The van der Waals surface area contributed by atoms with E-state index >= 15 is 0 Å². The monoisotopic (exact) mass is 431 g/mol. The zero-order valence-electron chi connectivity index (χ0n) is 18.5. The number of benzene rings is 4. The van der Waals surface area contributed by atoms with E-state index in [0.29, 0.717) is 0 Å². The van der Waals surface area contributed by atoms with Crippen molar-refractivity contribution in [3.63, 3.8) is 0 Å². The molecule has 1 heterocycles. The molecule has 0 saturated heterocycles. The Kier molecular flexibility index (Phi) is 5.73. The second-order valence-electron chi connectivity index (χ2n) is 8.33. The van der Waals surface area contributed by atoms with Crippen LogP contribution in [0, 0.1) is 6.92 Å². The zero-order chi connectivity index (χ0) is 22.6. The van der Waals surface area contributed by atoms with Gasteiger partial charge in [0.25, 0.3) is 0 Å². The Morgan fingerprint density at radius 3 is 2.55 bits per heavy atom. The molecule has 5 aromatic rings. The van der Waals surface area contributed by atoms with Crippen LogP contribution in [-0.4, -0.2) is 16.7 Å². The third kappa shape index (κ3) is 4.55. The van der Waals surface area contributed by atoms with Crippen LogP contribution in [-0.2, 0) is 17.8 Å². The maximum absolute atomic E-state index is 12.6. The quantitative estimate of drug-likeness (QED) is 0.266. The highest BCUT2D eigenvalue weighted by molar-refractivity contribution is 6.00. The molecule has 1 N–H and O–H groups in total. The molecule has 1 aromatic heterocycles. The molecule has 4 heteroatoms. The van der Waals surface area contributed by atoms with E-state index in [1.807, 2.05) is 42.5 Å². The molecule has 0 aliphatic heterocycles. The van der Waals surface area contributed by atoms with Crippen LogP contribution in [0.3, 0.4) is 0 Å². The predicted octanol–water partition coefficient (Wildman–Crippen LogP) is 5.84. The van der Waals surface area contributed by atoms with Crippen molar-refractivity contribution in [2.45, 2.75) is 19.9 Å². The summed E-state index contributed by atoms with van der Waals surface area (Å²) in [6, 6.07) is 30.9. The first-order chi connectivity index (χ1) is 16.2. The number of rotatable bonds is 6. The molecule has 0 radical (unpaired) electrons. The predicted molar refractivity (Wildman–Crippen MR) is 136 cm³/mol. The minimum Gasteiger partial charge on any atom is -0.342 e. The van der Waals surface area contributed by atoms with E-state index in [0.717, 1.165) is 39.3 Å². The maximum atomic E-state index is 12.6. The van der Waals surface area contributed by atoms with Crippen molar-refractivity contribution in [2.75, 3.05) is 0 Å². The Bertz CT molecular complexity index is 1470. The number of hydrogen-bond donors (Lipinski definition) is 1. The summed E-state index contributed by atoms with van der Waals surface area (Å²) in [6.07, 6.45) is 4.11. The van der Waals surface area contributed by atoms with E-state index < -0.39 is 0 Å². The van der Waals surface area contributed by atoms with E-state index in [4.69, 9.17) is 0 Å². The number of para-hydroxylation sites is 1. The topological polar surface area (TPSA) is 46.4 Å². The molecule has 162 valence electrons. The number of aryl methyl sites for hydroxylation is 1.